The second-order valence-corrected chi connectivity index (χ2v) is 17.3. The van der Waals surface area contributed by atoms with E-state index >= 15 is 0 Å². The molecule has 0 fully saturated rings. The first-order chi connectivity index (χ1) is 28.7. The topological polar surface area (TPSA) is 102 Å². The van der Waals surface area contributed by atoms with Gasteiger partial charge in [-0.05, 0) is 75.1 Å². The summed E-state index contributed by atoms with van der Waals surface area (Å²) in [6.45, 7) is 11.3. The number of hydrogen-bond donors (Lipinski definition) is 1. The fourth-order valence-electron chi connectivity index (χ4n) is 7.46. The average molecular weight is 832 g/mol. The third-order valence-electron chi connectivity index (χ3n) is 10.6. The maximum absolute atomic E-state index is 13.4. The smallest absolute Gasteiger partial charge is 0.259 e. The minimum atomic E-state index is -1.62. The molecular formula is C49H74N3O6P. The molecule has 3 rings (SSSR count). The number of carbonyl (C=O) groups is 1. The molecule has 0 aliphatic rings. The number of ether oxygens (including phenoxy) is 3. The van der Waals surface area contributed by atoms with Crippen molar-refractivity contribution in [2.45, 2.75) is 155 Å². The second-order valence-electron chi connectivity index (χ2n) is 15.9. The minimum absolute atomic E-state index is 0.000561. The molecule has 10 heteroatoms. The van der Waals surface area contributed by atoms with Gasteiger partial charge in [0.15, 0.2) is 0 Å². The van der Waals surface area contributed by atoms with Crippen molar-refractivity contribution in [3.8, 4) is 17.6 Å². The number of carbonyl (C=O) groups excluding carboxylic acids is 1. The zero-order chi connectivity index (χ0) is 42.7. The molecule has 9 nitrogen and oxygen atoms in total. The summed E-state index contributed by atoms with van der Waals surface area (Å²) in [4.78, 5) is 13.4. The summed E-state index contributed by atoms with van der Waals surface area (Å²) < 4.78 is 33.8. The van der Waals surface area contributed by atoms with Gasteiger partial charge in [-0.1, -0.05) is 139 Å². The van der Waals surface area contributed by atoms with Crippen LogP contribution in [0.25, 0.3) is 0 Å². The van der Waals surface area contributed by atoms with Crippen LogP contribution >= 0.6 is 8.53 Å². The van der Waals surface area contributed by atoms with Gasteiger partial charge in [-0.2, -0.15) is 5.26 Å². The van der Waals surface area contributed by atoms with E-state index in [0.717, 1.165) is 47.5 Å². The summed E-state index contributed by atoms with van der Waals surface area (Å²) in [6.07, 6.45) is 16.5. The number of hydrogen-bond acceptors (Lipinski definition) is 8. The Morgan fingerprint density at radius 2 is 1.19 bits per heavy atom. The van der Waals surface area contributed by atoms with Crippen molar-refractivity contribution in [2.75, 3.05) is 34.0 Å². The van der Waals surface area contributed by atoms with Gasteiger partial charge < -0.3 is 28.6 Å². The molecule has 0 heterocycles. The van der Waals surface area contributed by atoms with Gasteiger partial charge in [0.2, 0.25) is 5.91 Å². The summed E-state index contributed by atoms with van der Waals surface area (Å²) in [7, 11) is 1.69. The van der Waals surface area contributed by atoms with E-state index in [0.29, 0.717) is 6.42 Å². The zero-order valence-corrected chi connectivity index (χ0v) is 38.2. The number of unbranched alkanes of at least 4 members (excludes halogenated alkanes) is 12. The Morgan fingerprint density at radius 1 is 0.712 bits per heavy atom. The number of methoxy groups -OCH3 is 2. The van der Waals surface area contributed by atoms with Crippen LogP contribution in [0, 0.1) is 11.3 Å². The lowest BCUT2D eigenvalue weighted by molar-refractivity contribution is -0.122. The fourth-order valence-corrected chi connectivity index (χ4v) is 9.16. The minimum Gasteiger partial charge on any atom is -0.497 e. The third kappa shape index (κ3) is 17.2. The zero-order valence-electron chi connectivity index (χ0n) is 37.3. The Morgan fingerprint density at radius 3 is 1.64 bits per heavy atom. The lowest BCUT2D eigenvalue weighted by atomic mass is 9.80. The highest BCUT2D eigenvalue weighted by Crippen LogP contribution is 2.48. The van der Waals surface area contributed by atoms with E-state index in [1.807, 2.05) is 66.7 Å². The van der Waals surface area contributed by atoms with E-state index in [2.05, 4.69) is 62.8 Å². The number of nitrogens with zero attached hydrogens (tertiary/aromatic N) is 2. The Labute approximate surface area is 358 Å². The van der Waals surface area contributed by atoms with Crippen LogP contribution < -0.4 is 14.8 Å². The van der Waals surface area contributed by atoms with Crippen molar-refractivity contribution in [1.29, 1.82) is 5.26 Å². The average Bonchev–Trinajstić information content (AvgIpc) is 3.25. The number of nitrogens with one attached hydrogen (secondary N) is 1. The van der Waals surface area contributed by atoms with Crippen molar-refractivity contribution < 1.29 is 28.1 Å². The Kier molecular flexibility index (Phi) is 24.4. The number of rotatable bonds is 32. The van der Waals surface area contributed by atoms with Crippen molar-refractivity contribution in [3.05, 3.63) is 95.6 Å². The highest BCUT2D eigenvalue weighted by molar-refractivity contribution is 7.44. The molecule has 0 saturated heterocycles. The highest BCUT2D eigenvalue weighted by Gasteiger charge is 2.39. The van der Waals surface area contributed by atoms with Gasteiger partial charge in [-0.25, -0.2) is 4.67 Å². The summed E-state index contributed by atoms with van der Waals surface area (Å²) >= 11 is 0. The molecule has 0 aliphatic heterocycles. The van der Waals surface area contributed by atoms with Crippen LogP contribution in [0.3, 0.4) is 0 Å². The van der Waals surface area contributed by atoms with Crippen LogP contribution in [0.2, 0.25) is 0 Å². The summed E-state index contributed by atoms with van der Waals surface area (Å²) in [5, 5.41) is 12.5. The normalized spacial score (nSPS) is 12.8. The van der Waals surface area contributed by atoms with Gasteiger partial charge >= 0.3 is 0 Å². The highest BCUT2D eigenvalue weighted by atomic mass is 31.2. The molecule has 0 aliphatic carbocycles. The van der Waals surface area contributed by atoms with Crippen LogP contribution in [0.4, 0.5) is 0 Å². The van der Waals surface area contributed by atoms with E-state index < -0.39 is 20.2 Å². The quantitative estimate of drug-likeness (QED) is 0.0377. The standard InChI is InChI=1S/C49H74N3O6P/c1-8-9-10-11-12-13-14-15-16-17-18-19-23-27-48(53)51-38-47(58-59(57-37-24-36-50)52(40(2)3)41(4)5)39-56-49(42-25-21-20-22-26-42,43-28-32-45(54-6)33-29-43)44-30-34-46(55-7)35-31-44/h20-22,25-26,28-35,40-41,47H,8-19,23-24,27,37-39H2,1-7H3,(H,51,53). The van der Waals surface area contributed by atoms with Gasteiger partial charge in [0.1, 0.15) is 23.2 Å². The van der Waals surface area contributed by atoms with Crippen molar-refractivity contribution >= 4 is 14.4 Å². The predicted octanol–water partition coefficient (Wildman–Crippen LogP) is 12.3. The first-order valence-corrected chi connectivity index (χ1v) is 23.3. The molecule has 0 saturated carbocycles. The lowest BCUT2D eigenvalue weighted by Gasteiger charge is -2.39. The molecule has 2 atom stereocenters. The number of nitriles is 1. The van der Waals surface area contributed by atoms with E-state index in [4.69, 9.17) is 23.3 Å². The molecule has 0 radical (unpaired) electrons. The number of amides is 1. The molecule has 3 aromatic rings. The van der Waals surface area contributed by atoms with Crippen LogP contribution in [0.15, 0.2) is 78.9 Å². The fraction of sp³-hybridized carbons (Fsp3) is 0.592. The van der Waals surface area contributed by atoms with Crippen molar-refractivity contribution in [1.82, 2.24) is 9.99 Å². The molecule has 0 aromatic heterocycles. The van der Waals surface area contributed by atoms with Crippen LogP contribution in [0.5, 0.6) is 11.5 Å². The summed E-state index contributed by atoms with van der Waals surface area (Å²) in [6, 6.07) is 28.4. The molecule has 326 valence electrons. The van der Waals surface area contributed by atoms with Crippen molar-refractivity contribution in [2.24, 2.45) is 0 Å². The summed E-state index contributed by atoms with van der Waals surface area (Å²) in [5.74, 6) is 1.47. The first-order valence-electron chi connectivity index (χ1n) is 22.2. The van der Waals surface area contributed by atoms with Crippen molar-refractivity contribution in [3.63, 3.8) is 0 Å². The second kappa shape index (κ2) is 28.9. The maximum Gasteiger partial charge on any atom is 0.259 e. The molecule has 1 amide bonds. The lowest BCUT2D eigenvalue weighted by Crippen LogP contribution is -2.42. The third-order valence-corrected chi connectivity index (χ3v) is 12.8. The monoisotopic (exact) mass is 832 g/mol. The van der Waals surface area contributed by atoms with Crippen LogP contribution in [-0.4, -0.2) is 62.7 Å². The maximum atomic E-state index is 13.4. The molecule has 1 N–H and O–H groups in total. The van der Waals surface area contributed by atoms with E-state index in [1.54, 1.807) is 14.2 Å². The molecule has 59 heavy (non-hydrogen) atoms. The van der Waals surface area contributed by atoms with E-state index in [9.17, 15) is 10.1 Å². The first kappa shape index (κ1) is 49.8. The van der Waals surface area contributed by atoms with Crippen LogP contribution in [-0.2, 0) is 24.2 Å². The Balaban J connectivity index is 1.83. The number of benzene rings is 3. The Bertz CT molecular complexity index is 1530. The van der Waals surface area contributed by atoms with Gasteiger partial charge in [-0.15, -0.1) is 0 Å². The van der Waals surface area contributed by atoms with E-state index in [1.165, 1.54) is 64.2 Å². The SMILES string of the molecule is CCCCCCCCCCCCCCCC(=O)NCC(COC(c1ccccc1)(c1ccc(OC)cc1)c1ccc(OC)cc1)OP(OCCC#N)N(C(C)C)C(C)C. The Hall–Kier alpha value is -3.51. The summed E-state index contributed by atoms with van der Waals surface area (Å²) in [5.41, 5.74) is 1.66. The molecular weight excluding hydrogens is 758 g/mol. The van der Waals surface area contributed by atoms with Gasteiger partial charge in [0.05, 0.1) is 39.9 Å². The van der Waals surface area contributed by atoms with Gasteiger partial charge in [0.25, 0.3) is 8.53 Å². The van der Waals surface area contributed by atoms with E-state index in [-0.39, 0.29) is 44.2 Å². The largest absolute Gasteiger partial charge is 0.497 e. The molecule has 3 aromatic carbocycles. The predicted molar refractivity (Wildman–Crippen MR) is 242 cm³/mol. The van der Waals surface area contributed by atoms with Gasteiger partial charge in [-0.3, -0.25) is 4.79 Å². The molecule has 0 spiro atoms. The molecule has 2 unspecified atom stereocenters. The van der Waals surface area contributed by atoms with Crippen LogP contribution in [0.1, 0.15) is 148 Å². The van der Waals surface area contributed by atoms with Gasteiger partial charge in [0, 0.05) is 25.0 Å². The molecule has 0 bridgehead atoms.